The predicted octanol–water partition coefficient (Wildman–Crippen LogP) is 3.65. The van der Waals surface area contributed by atoms with E-state index in [4.69, 9.17) is 4.74 Å². The number of thiophene rings is 1. The zero-order valence-corrected chi connectivity index (χ0v) is 17.6. The fourth-order valence-electron chi connectivity index (χ4n) is 3.41. The number of nitrogens with one attached hydrogen (secondary N) is 1. The summed E-state index contributed by atoms with van der Waals surface area (Å²) in [6.07, 6.45) is 2.05. The minimum absolute atomic E-state index is 0.304. The summed E-state index contributed by atoms with van der Waals surface area (Å²) in [5.74, 6) is 1.12. The van der Waals surface area contributed by atoms with Crippen molar-refractivity contribution in [1.82, 2.24) is 9.62 Å². The second kappa shape index (κ2) is 9.19. The second-order valence-electron chi connectivity index (χ2n) is 7.06. The molecule has 0 spiro atoms. The second-order valence-corrected chi connectivity index (χ2v) is 9.61. The molecule has 1 N–H and O–H groups in total. The van der Waals surface area contributed by atoms with E-state index in [1.807, 2.05) is 13.8 Å². The minimum atomic E-state index is -3.49. The van der Waals surface area contributed by atoms with Crippen LogP contribution in [-0.2, 0) is 16.6 Å². The Labute approximate surface area is 166 Å². The topological polar surface area (TPSA) is 58.6 Å². The molecule has 0 atom stereocenters. The fraction of sp³-hybridized carbons (Fsp3) is 0.500. The predicted molar refractivity (Wildman–Crippen MR) is 110 cm³/mol. The molecule has 0 radical (unpaired) electrons. The molecule has 7 heteroatoms. The number of nitrogens with zero attached hydrogens (tertiary/aromatic N) is 1. The molecule has 0 bridgehead atoms. The van der Waals surface area contributed by atoms with E-state index >= 15 is 0 Å². The Morgan fingerprint density at radius 1 is 1.26 bits per heavy atom. The first-order chi connectivity index (χ1) is 13.0. The van der Waals surface area contributed by atoms with Gasteiger partial charge in [0, 0.05) is 13.1 Å². The summed E-state index contributed by atoms with van der Waals surface area (Å²) >= 11 is 1.73. The van der Waals surface area contributed by atoms with Gasteiger partial charge in [-0.15, -0.1) is 0 Å². The standard InChI is InChI=1S/C20H28N2O3S2/c1-3-25-20-5-4-19(12-16(20)2)27(23,24)21-13-17-6-9-22(10-7-17)14-18-8-11-26-15-18/h4-5,8,11-12,15,17,21H,3,6-7,9-10,13-14H2,1-2H3. The van der Waals surface area contributed by atoms with Crippen LogP contribution in [0, 0.1) is 12.8 Å². The van der Waals surface area contributed by atoms with E-state index in [0.29, 0.717) is 24.0 Å². The van der Waals surface area contributed by atoms with Crippen LogP contribution in [0.1, 0.15) is 30.9 Å². The number of hydrogen-bond donors (Lipinski definition) is 1. The Bertz CT molecular complexity index is 827. The van der Waals surface area contributed by atoms with Crippen molar-refractivity contribution < 1.29 is 13.2 Å². The summed E-state index contributed by atoms with van der Waals surface area (Å²) in [5.41, 5.74) is 2.20. The van der Waals surface area contributed by atoms with E-state index < -0.39 is 10.0 Å². The Balaban J connectivity index is 1.50. The number of piperidine rings is 1. The highest BCUT2D eigenvalue weighted by molar-refractivity contribution is 7.89. The highest BCUT2D eigenvalue weighted by Crippen LogP contribution is 2.23. The molecule has 1 aliphatic heterocycles. The Morgan fingerprint density at radius 3 is 2.67 bits per heavy atom. The van der Waals surface area contributed by atoms with Crippen molar-refractivity contribution in [3.05, 3.63) is 46.2 Å². The van der Waals surface area contributed by atoms with Gasteiger partial charge in [-0.1, -0.05) is 0 Å². The van der Waals surface area contributed by atoms with E-state index in [9.17, 15) is 8.42 Å². The lowest BCUT2D eigenvalue weighted by Gasteiger charge is -2.31. The largest absolute Gasteiger partial charge is 0.494 e. The van der Waals surface area contributed by atoms with Crippen molar-refractivity contribution in [3.8, 4) is 5.75 Å². The van der Waals surface area contributed by atoms with Crippen LogP contribution in [0.5, 0.6) is 5.75 Å². The number of ether oxygens (including phenoxy) is 1. The van der Waals surface area contributed by atoms with Gasteiger partial charge in [-0.25, -0.2) is 13.1 Å². The molecule has 0 saturated carbocycles. The molecular weight excluding hydrogens is 380 g/mol. The van der Waals surface area contributed by atoms with Crippen LogP contribution >= 0.6 is 11.3 Å². The third-order valence-corrected chi connectivity index (χ3v) is 7.17. The number of rotatable bonds is 8. The van der Waals surface area contributed by atoms with Crippen LogP contribution in [0.25, 0.3) is 0 Å². The number of likely N-dealkylation sites (tertiary alicyclic amines) is 1. The summed E-state index contributed by atoms with van der Waals surface area (Å²) in [4.78, 5) is 2.75. The fourth-order valence-corrected chi connectivity index (χ4v) is 5.27. The van der Waals surface area contributed by atoms with Crippen LogP contribution in [0.2, 0.25) is 0 Å². The van der Waals surface area contributed by atoms with Crippen molar-refractivity contribution in [3.63, 3.8) is 0 Å². The molecular formula is C20H28N2O3S2. The molecule has 1 aromatic heterocycles. The third kappa shape index (κ3) is 5.54. The zero-order valence-electron chi connectivity index (χ0n) is 16.0. The maximum Gasteiger partial charge on any atom is 0.240 e. The quantitative estimate of drug-likeness (QED) is 0.724. The minimum Gasteiger partial charge on any atom is -0.494 e. The van der Waals surface area contributed by atoms with Gasteiger partial charge in [-0.3, -0.25) is 4.90 Å². The van der Waals surface area contributed by atoms with Crippen molar-refractivity contribution in [1.29, 1.82) is 0 Å². The lowest BCUT2D eigenvalue weighted by atomic mass is 9.97. The Morgan fingerprint density at radius 2 is 2.04 bits per heavy atom. The van der Waals surface area contributed by atoms with E-state index in [-0.39, 0.29) is 0 Å². The summed E-state index contributed by atoms with van der Waals surface area (Å²) < 4.78 is 33.5. The normalized spacial score (nSPS) is 16.5. The molecule has 5 nitrogen and oxygen atoms in total. The Kier molecular flexibility index (Phi) is 6.92. The van der Waals surface area contributed by atoms with E-state index in [1.165, 1.54) is 5.56 Å². The monoisotopic (exact) mass is 408 g/mol. The lowest BCUT2D eigenvalue weighted by Crippen LogP contribution is -2.38. The molecule has 1 fully saturated rings. The van der Waals surface area contributed by atoms with Crippen LogP contribution in [0.3, 0.4) is 0 Å². The van der Waals surface area contributed by atoms with Crippen LogP contribution in [0.4, 0.5) is 0 Å². The van der Waals surface area contributed by atoms with Crippen molar-refractivity contribution in [2.24, 2.45) is 5.92 Å². The summed E-state index contributed by atoms with van der Waals surface area (Å²) in [7, 11) is -3.49. The molecule has 1 saturated heterocycles. The molecule has 1 aromatic carbocycles. The molecule has 0 amide bonds. The first kappa shape index (κ1) is 20.3. The molecule has 0 unspecified atom stereocenters. The molecule has 3 rings (SSSR count). The molecule has 27 heavy (non-hydrogen) atoms. The van der Waals surface area contributed by atoms with Crippen LogP contribution < -0.4 is 9.46 Å². The molecule has 148 valence electrons. The van der Waals surface area contributed by atoms with Gasteiger partial charge in [0.05, 0.1) is 11.5 Å². The zero-order chi connectivity index (χ0) is 19.3. The Hall–Kier alpha value is -1.41. The van der Waals surface area contributed by atoms with E-state index in [2.05, 4.69) is 26.4 Å². The molecule has 2 heterocycles. The van der Waals surface area contributed by atoms with Gasteiger partial charge in [0.25, 0.3) is 0 Å². The van der Waals surface area contributed by atoms with Gasteiger partial charge in [-0.05, 0) is 91.8 Å². The van der Waals surface area contributed by atoms with Gasteiger partial charge in [0.2, 0.25) is 10.0 Å². The average molecular weight is 409 g/mol. The third-order valence-electron chi connectivity index (χ3n) is 5.01. The smallest absolute Gasteiger partial charge is 0.240 e. The van der Waals surface area contributed by atoms with Gasteiger partial charge in [-0.2, -0.15) is 11.3 Å². The molecule has 0 aliphatic carbocycles. The van der Waals surface area contributed by atoms with Crippen molar-refractivity contribution in [2.45, 2.75) is 38.1 Å². The maximum absolute atomic E-state index is 12.6. The van der Waals surface area contributed by atoms with Crippen molar-refractivity contribution in [2.75, 3.05) is 26.2 Å². The van der Waals surface area contributed by atoms with Gasteiger partial charge < -0.3 is 4.74 Å². The molecule has 1 aliphatic rings. The number of benzene rings is 1. The highest BCUT2D eigenvalue weighted by Gasteiger charge is 2.22. The summed E-state index contributed by atoms with van der Waals surface area (Å²) in [5, 5.41) is 4.30. The first-order valence-corrected chi connectivity index (χ1v) is 11.9. The van der Waals surface area contributed by atoms with E-state index in [0.717, 1.165) is 43.8 Å². The lowest BCUT2D eigenvalue weighted by molar-refractivity contribution is 0.179. The van der Waals surface area contributed by atoms with Gasteiger partial charge in [0.15, 0.2) is 0 Å². The maximum atomic E-state index is 12.6. The first-order valence-electron chi connectivity index (χ1n) is 9.44. The van der Waals surface area contributed by atoms with Crippen molar-refractivity contribution >= 4 is 21.4 Å². The number of sulfonamides is 1. The number of hydrogen-bond acceptors (Lipinski definition) is 5. The summed E-state index contributed by atoms with van der Waals surface area (Å²) in [6.45, 7) is 7.88. The van der Waals surface area contributed by atoms with E-state index in [1.54, 1.807) is 29.5 Å². The average Bonchev–Trinajstić information content (AvgIpc) is 3.16. The summed E-state index contributed by atoms with van der Waals surface area (Å²) in [6, 6.07) is 7.20. The number of aryl methyl sites for hydroxylation is 1. The molecule has 2 aromatic rings. The SMILES string of the molecule is CCOc1ccc(S(=O)(=O)NCC2CCN(Cc3ccsc3)CC2)cc1C. The van der Waals surface area contributed by atoms with Gasteiger partial charge >= 0.3 is 0 Å². The van der Waals surface area contributed by atoms with Crippen LogP contribution in [-0.4, -0.2) is 39.6 Å². The van der Waals surface area contributed by atoms with Crippen LogP contribution in [0.15, 0.2) is 39.9 Å². The highest BCUT2D eigenvalue weighted by atomic mass is 32.2. The van der Waals surface area contributed by atoms with Gasteiger partial charge in [0.1, 0.15) is 5.75 Å².